The van der Waals surface area contributed by atoms with Crippen molar-refractivity contribution in [2.24, 2.45) is 0 Å². The summed E-state index contributed by atoms with van der Waals surface area (Å²) in [6.45, 7) is 1.18. The fourth-order valence-electron chi connectivity index (χ4n) is 1.75. The maximum atomic E-state index is 12.2. The molecule has 2 aromatic rings. The molecule has 86 valence electrons. The third kappa shape index (κ3) is 2.91. The normalized spacial score (nSPS) is 12.2. The first-order chi connectivity index (χ1) is 8.29. The second-order valence-corrected chi connectivity index (χ2v) is 3.80. The second-order valence-electron chi connectivity index (χ2n) is 3.80. The van der Waals surface area contributed by atoms with Gasteiger partial charge >= 0.3 is 0 Å². The summed E-state index contributed by atoms with van der Waals surface area (Å²) in [5.74, 6) is -0.367. The number of imidazole rings is 1. The molecule has 0 fully saturated rings. The molecule has 17 heavy (non-hydrogen) atoms. The lowest BCUT2D eigenvalue weighted by Crippen LogP contribution is -1.86. The van der Waals surface area contributed by atoms with Crippen LogP contribution in [0.2, 0.25) is 0 Å². The maximum Gasteiger partial charge on any atom is 0.124 e. The second kappa shape index (κ2) is 5.26. The summed E-state index contributed by atoms with van der Waals surface area (Å²) in [6.07, 6.45) is 6.38. The highest BCUT2D eigenvalue weighted by Gasteiger charge is 2.07. The van der Waals surface area contributed by atoms with E-state index in [-0.39, 0.29) is 5.82 Å². The van der Waals surface area contributed by atoms with Gasteiger partial charge in [-0.2, -0.15) is 5.26 Å². The van der Waals surface area contributed by atoms with E-state index in [0.29, 0.717) is 5.56 Å². The van der Waals surface area contributed by atoms with Crippen molar-refractivity contribution in [3.05, 3.63) is 53.9 Å². The van der Waals surface area contributed by atoms with Crippen molar-refractivity contribution in [1.29, 1.82) is 5.26 Å². The molecule has 1 aromatic carbocycles. The maximum absolute atomic E-state index is 12.2. The summed E-state index contributed by atoms with van der Waals surface area (Å²) in [7, 11) is 0. The average Bonchev–Trinajstić information content (AvgIpc) is 2.92. The third-order valence-corrected chi connectivity index (χ3v) is 2.58. The van der Waals surface area contributed by atoms with E-state index in [0.717, 1.165) is 0 Å². The summed E-state index contributed by atoms with van der Waals surface area (Å²) < 4.78 is 14.4. The van der Waals surface area contributed by atoms with Gasteiger partial charge in [-0.15, -0.1) is 0 Å². The monoisotopic (exact) mass is 229 g/mol. The Kier molecular flexibility index (Phi) is 3.51. The minimum atomic E-state index is -0.367. The molecule has 3 nitrogen and oxygen atoms in total. The van der Waals surface area contributed by atoms with Crippen molar-refractivity contribution in [2.45, 2.75) is 19.4 Å². The molecule has 0 radical (unpaired) electrons. The molecule has 0 saturated heterocycles. The van der Waals surface area contributed by atoms with Gasteiger partial charge in [0, 0.05) is 18.4 Å². The first kappa shape index (κ1) is 11.3. The summed E-state index contributed by atoms with van der Waals surface area (Å²) in [6, 6.07) is 7.40. The molecule has 0 saturated carbocycles. The van der Waals surface area contributed by atoms with Crippen molar-refractivity contribution in [1.82, 2.24) is 9.55 Å². The predicted molar refractivity (Wildman–Crippen MR) is 61.7 cm³/mol. The largest absolute Gasteiger partial charge is 0.335 e. The number of aromatic nitrogens is 2. The lowest BCUT2D eigenvalue weighted by Gasteiger charge is -1.88. The van der Waals surface area contributed by atoms with Crippen LogP contribution in [-0.4, -0.2) is 9.55 Å². The highest BCUT2D eigenvalue weighted by molar-refractivity contribution is 5.28. The molecule has 2 heterocycles. The van der Waals surface area contributed by atoms with Gasteiger partial charge in [0.15, 0.2) is 0 Å². The summed E-state index contributed by atoms with van der Waals surface area (Å²) in [5.41, 5.74) is 1.75. The van der Waals surface area contributed by atoms with Gasteiger partial charge < -0.3 is 4.57 Å². The fourth-order valence-corrected chi connectivity index (χ4v) is 1.75. The Morgan fingerprint density at radius 1 is 1.41 bits per heavy atom. The number of fused-ring (bicyclic) bond motifs is 1. The van der Waals surface area contributed by atoms with E-state index in [2.05, 4.69) is 9.55 Å². The smallest absolute Gasteiger partial charge is 0.124 e. The van der Waals surface area contributed by atoms with Crippen molar-refractivity contribution < 1.29 is 4.39 Å². The van der Waals surface area contributed by atoms with E-state index in [4.69, 9.17) is 5.26 Å². The van der Waals surface area contributed by atoms with Crippen molar-refractivity contribution in [3.63, 3.8) is 0 Å². The van der Waals surface area contributed by atoms with E-state index < -0.39 is 0 Å². The minimum absolute atomic E-state index is 0.356. The summed E-state index contributed by atoms with van der Waals surface area (Å²) in [5, 5.41) is 8.25. The Morgan fingerprint density at radius 3 is 2.94 bits per heavy atom. The quantitative estimate of drug-likeness (QED) is 0.696. The highest BCUT2D eigenvalue weighted by Crippen LogP contribution is 2.11. The molecule has 1 aliphatic rings. The van der Waals surface area contributed by atoms with Gasteiger partial charge in [-0.1, -0.05) is 6.07 Å². The Hall–Kier alpha value is -2.15. The first-order valence-electron chi connectivity index (χ1n) is 5.44. The van der Waals surface area contributed by atoms with Crippen LogP contribution >= 0.6 is 0 Å². The van der Waals surface area contributed by atoms with E-state index in [1.807, 2.05) is 18.6 Å². The molecule has 0 atom stereocenters. The number of hydrogen-bond donors (Lipinski definition) is 0. The lowest BCUT2D eigenvalue weighted by atomic mass is 10.2. The molecule has 0 aliphatic carbocycles. The Morgan fingerprint density at radius 2 is 2.29 bits per heavy atom. The van der Waals surface area contributed by atoms with Gasteiger partial charge in [0.1, 0.15) is 5.82 Å². The zero-order chi connectivity index (χ0) is 12.1. The first-order valence-corrected chi connectivity index (χ1v) is 5.44. The van der Waals surface area contributed by atoms with Crippen molar-refractivity contribution in [2.75, 3.05) is 0 Å². The minimum Gasteiger partial charge on any atom is -0.335 e. The van der Waals surface area contributed by atoms with Crippen LogP contribution in [0.3, 0.4) is 0 Å². The van der Waals surface area contributed by atoms with Crippen LogP contribution in [0.5, 0.6) is 0 Å². The molecule has 0 spiro atoms. The Labute approximate surface area is 99.1 Å². The van der Waals surface area contributed by atoms with Crippen LogP contribution in [0, 0.1) is 17.1 Å². The SMILES string of the molecule is N#Cc1cccc(F)c1.c1ncn2c1CCC2. The van der Waals surface area contributed by atoms with Crippen LogP contribution in [0.1, 0.15) is 17.7 Å². The lowest BCUT2D eigenvalue weighted by molar-refractivity contribution is 0.627. The van der Waals surface area contributed by atoms with Crippen molar-refractivity contribution >= 4 is 0 Å². The van der Waals surface area contributed by atoms with E-state index >= 15 is 0 Å². The Balaban J connectivity index is 0.000000127. The molecular weight excluding hydrogens is 217 g/mol. The van der Waals surface area contributed by atoms with Crippen LogP contribution in [0.25, 0.3) is 0 Å². The number of nitrogens with zero attached hydrogens (tertiary/aromatic N) is 3. The zero-order valence-corrected chi connectivity index (χ0v) is 9.31. The van der Waals surface area contributed by atoms with Gasteiger partial charge in [0.25, 0.3) is 0 Å². The fraction of sp³-hybridized carbons (Fsp3) is 0.231. The zero-order valence-electron chi connectivity index (χ0n) is 9.31. The molecule has 0 N–H and O–H groups in total. The van der Waals surface area contributed by atoms with Gasteiger partial charge in [-0.3, -0.25) is 0 Å². The number of rotatable bonds is 0. The number of benzene rings is 1. The van der Waals surface area contributed by atoms with E-state index in [9.17, 15) is 4.39 Å². The number of halogens is 1. The van der Waals surface area contributed by atoms with E-state index in [1.165, 1.54) is 43.3 Å². The number of hydrogen-bond acceptors (Lipinski definition) is 2. The van der Waals surface area contributed by atoms with Gasteiger partial charge in [0.2, 0.25) is 0 Å². The van der Waals surface area contributed by atoms with Crippen LogP contribution in [-0.2, 0) is 13.0 Å². The van der Waals surface area contributed by atoms with Crippen LogP contribution in [0.15, 0.2) is 36.8 Å². The molecule has 1 aliphatic heterocycles. The molecule has 0 bridgehead atoms. The number of nitriles is 1. The third-order valence-electron chi connectivity index (χ3n) is 2.58. The molecule has 0 amide bonds. The average molecular weight is 229 g/mol. The van der Waals surface area contributed by atoms with E-state index in [1.54, 1.807) is 6.07 Å². The highest BCUT2D eigenvalue weighted by atomic mass is 19.1. The molecular formula is C13H12FN3. The standard InChI is InChI=1S/C7H4FN.C6H8N2/c8-7-3-1-2-6(4-7)5-9;1-2-6-4-7-5-8(6)3-1/h1-4H;4-5H,1-3H2. The topological polar surface area (TPSA) is 41.6 Å². The molecule has 4 heteroatoms. The molecule has 0 unspecified atom stereocenters. The Bertz CT molecular complexity index is 521. The van der Waals surface area contributed by atoms with Gasteiger partial charge in [-0.05, 0) is 31.0 Å². The predicted octanol–water partition coefficient (Wildman–Crippen LogP) is 2.53. The number of aryl methyl sites for hydroxylation is 2. The van der Waals surface area contributed by atoms with Crippen LogP contribution < -0.4 is 0 Å². The van der Waals surface area contributed by atoms with Gasteiger partial charge in [-0.25, -0.2) is 9.37 Å². The van der Waals surface area contributed by atoms with Crippen molar-refractivity contribution in [3.8, 4) is 6.07 Å². The summed E-state index contributed by atoms with van der Waals surface area (Å²) >= 11 is 0. The summed E-state index contributed by atoms with van der Waals surface area (Å²) in [4.78, 5) is 4.01. The van der Waals surface area contributed by atoms with Gasteiger partial charge in [0.05, 0.1) is 18.0 Å². The van der Waals surface area contributed by atoms with Crippen LogP contribution in [0.4, 0.5) is 4.39 Å². The molecule has 3 rings (SSSR count). The molecule has 1 aromatic heterocycles.